The molecule has 0 saturated carbocycles. The van der Waals surface area contributed by atoms with Crippen molar-refractivity contribution in [2.75, 3.05) is 6.54 Å². The molecule has 1 aromatic carbocycles. The number of non-ortho nitro benzene ring substituents is 1. The van der Waals surface area contributed by atoms with Gasteiger partial charge in [0.2, 0.25) is 0 Å². The predicted octanol–water partition coefficient (Wildman–Crippen LogP) is 1.94. The minimum absolute atomic E-state index is 0.138. The monoisotopic (exact) mass is 296 g/mol. The van der Waals surface area contributed by atoms with E-state index in [1.807, 2.05) is 6.92 Å². The first-order valence-electron chi connectivity index (χ1n) is 6.77. The van der Waals surface area contributed by atoms with Crippen molar-refractivity contribution in [3.63, 3.8) is 0 Å². The van der Waals surface area contributed by atoms with Gasteiger partial charge in [-0.05, 0) is 26.3 Å². The summed E-state index contributed by atoms with van der Waals surface area (Å²) in [6.07, 6.45) is -0.879. The molecule has 0 aliphatic carbocycles. The zero-order valence-electron chi connectivity index (χ0n) is 12.3. The number of amides is 1. The fraction of sp³-hybridized carbons (Fsp3) is 0.500. The second-order valence-electron chi connectivity index (χ2n) is 4.71. The minimum atomic E-state index is -0.939. The maximum absolute atomic E-state index is 11.8. The average Bonchev–Trinajstić information content (AvgIpc) is 2.44. The third kappa shape index (κ3) is 4.71. The largest absolute Gasteiger partial charge is 0.481 e. The van der Waals surface area contributed by atoms with E-state index >= 15 is 0 Å². The summed E-state index contributed by atoms with van der Waals surface area (Å²) in [5, 5.41) is 23.2. The van der Waals surface area contributed by atoms with Gasteiger partial charge >= 0.3 is 0 Å². The number of aliphatic hydroxyl groups is 1. The average molecular weight is 296 g/mol. The highest BCUT2D eigenvalue weighted by Crippen LogP contribution is 2.30. The molecule has 1 aromatic rings. The van der Waals surface area contributed by atoms with Gasteiger partial charge in [-0.1, -0.05) is 6.92 Å². The topological polar surface area (TPSA) is 102 Å². The first kappa shape index (κ1) is 16.9. The molecule has 7 nitrogen and oxygen atoms in total. The van der Waals surface area contributed by atoms with Crippen LogP contribution in [0.15, 0.2) is 18.2 Å². The number of hydrogen-bond donors (Lipinski definition) is 2. The number of nitrogens with zero attached hydrogens (tertiary/aromatic N) is 1. The Morgan fingerprint density at radius 3 is 2.67 bits per heavy atom. The first-order chi connectivity index (χ1) is 9.86. The Bertz CT molecular complexity index is 516. The molecule has 2 unspecified atom stereocenters. The van der Waals surface area contributed by atoms with Gasteiger partial charge in [0.05, 0.1) is 11.0 Å². The summed E-state index contributed by atoms with van der Waals surface area (Å²) in [6.45, 7) is 5.55. The number of nitro benzene ring substituents is 1. The van der Waals surface area contributed by atoms with Gasteiger partial charge in [-0.15, -0.1) is 0 Å². The van der Waals surface area contributed by atoms with Gasteiger partial charge in [0.1, 0.15) is 5.75 Å². The minimum Gasteiger partial charge on any atom is -0.481 e. The number of aliphatic hydroxyl groups excluding tert-OH is 1. The van der Waals surface area contributed by atoms with Crippen LogP contribution in [0.5, 0.6) is 5.75 Å². The van der Waals surface area contributed by atoms with Crippen LogP contribution in [0.3, 0.4) is 0 Å². The Hall–Kier alpha value is -2.15. The lowest BCUT2D eigenvalue weighted by molar-refractivity contribution is -0.385. The third-order valence-corrected chi connectivity index (χ3v) is 2.88. The number of carbonyl (C=O) groups excluding carboxylic acids is 1. The molecule has 0 fully saturated rings. The van der Waals surface area contributed by atoms with Crippen molar-refractivity contribution in [3.8, 4) is 5.75 Å². The maximum Gasteiger partial charge on any atom is 0.270 e. The van der Waals surface area contributed by atoms with Crippen LogP contribution in [0.1, 0.15) is 38.9 Å². The molecule has 7 heteroatoms. The molecule has 2 N–H and O–H groups in total. The van der Waals surface area contributed by atoms with E-state index in [1.165, 1.54) is 25.1 Å². The van der Waals surface area contributed by atoms with Gasteiger partial charge in [-0.3, -0.25) is 14.9 Å². The Labute approximate surface area is 123 Å². The highest BCUT2D eigenvalue weighted by Gasteiger charge is 2.20. The molecule has 116 valence electrons. The van der Waals surface area contributed by atoms with Crippen molar-refractivity contribution in [1.29, 1.82) is 0 Å². The molecule has 0 spiro atoms. The van der Waals surface area contributed by atoms with E-state index in [9.17, 15) is 20.0 Å². The molecule has 0 aliphatic rings. The fourth-order valence-corrected chi connectivity index (χ4v) is 1.72. The van der Waals surface area contributed by atoms with Crippen molar-refractivity contribution < 1.29 is 19.6 Å². The van der Waals surface area contributed by atoms with Crippen molar-refractivity contribution in [3.05, 3.63) is 33.9 Å². The van der Waals surface area contributed by atoms with Crippen LogP contribution in [0.4, 0.5) is 5.69 Å². The molecule has 0 saturated heterocycles. The van der Waals surface area contributed by atoms with E-state index in [-0.39, 0.29) is 22.9 Å². The molecule has 0 bridgehead atoms. The molecule has 0 heterocycles. The van der Waals surface area contributed by atoms with Crippen molar-refractivity contribution in [2.45, 2.75) is 39.4 Å². The van der Waals surface area contributed by atoms with Crippen LogP contribution in [0, 0.1) is 10.1 Å². The number of nitro groups is 1. The normalized spacial score (nSPS) is 13.3. The molecule has 0 aliphatic heterocycles. The van der Waals surface area contributed by atoms with E-state index in [1.54, 1.807) is 6.92 Å². The number of hydrogen-bond acceptors (Lipinski definition) is 5. The van der Waals surface area contributed by atoms with E-state index in [0.29, 0.717) is 6.54 Å². The zero-order chi connectivity index (χ0) is 16.0. The molecule has 1 amide bonds. The van der Waals surface area contributed by atoms with E-state index in [0.717, 1.165) is 6.42 Å². The Balaban J connectivity index is 2.92. The second kappa shape index (κ2) is 7.58. The van der Waals surface area contributed by atoms with Crippen LogP contribution in [0.25, 0.3) is 0 Å². The first-order valence-corrected chi connectivity index (χ1v) is 6.77. The van der Waals surface area contributed by atoms with Crippen LogP contribution >= 0.6 is 0 Å². The molecule has 1 rings (SSSR count). The number of ether oxygens (including phenoxy) is 1. The van der Waals surface area contributed by atoms with Crippen LogP contribution in [-0.4, -0.2) is 28.6 Å². The highest BCUT2D eigenvalue weighted by atomic mass is 16.6. The molecule has 0 radical (unpaired) electrons. The van der Waals surface area contributed by atoms with Crippen molar-refractivity contribution in [2.24, 2.45) is 0 Å². The van der Waals surface area contributed by atoms with Gasteiger partial charge in [0, 0.05) is 24.2 Å². The number of nitrogens with one attached hydrogen (secondary N) is 1. The molecular formula is C14H20N2O5. The number of benzene rings is 1. The molecular weight excluding hydrogens is 276 g/mol. The van der Waals surface area contributed by atoms with Gasteiger partial charge in [0.15, 0.2) is 6.10 Å². The zero-order valence-corrected chi connectivity index (χ0v) is 12.3. The van der Waals surface area contributed by atoms with Crippen LogP contribution < -0.4 is 10.1 Å². The third-order valence-electron chi connectivity index (χ3n) is 2.88. The Morgan fingerprint density at radius 2 is 2.14 bits per heavy atom. The van der Waals surface area contributed by atoms with E-state index < -0.39 is 17.1 Å². The smallest absolute Gasteiger partial charge is 0.270 e. The van der Waals surface area contributed by atoms with Crippen LogP contribution in [-0.2, 0) is 4.79 Å². The summed E-state index contributed by atoms with van der Waals surface area (Å²) < 4.78 is 5.51. The van der Waals surface area contributed by atoms with Gasteiger partial charge in [-0.25, -0.2) is 0 Å². The fourth-order valence-electron chi connectivity index (χ4n) is 1.72. The van der Waals surface area contributed by atoms with Crippen LogP contribution in [0.2, 0.25) is 0 Å². The lowest BCUT2D eigenvalue weighted by Gasteiger charge is -2.18. The SMILES string of the molecule is CCCNC(=O)C(C)Oc1ccc([N+](=O)[O-])cc1C(C)O. The molecule has 2 atom stereocenters. The lowest BCUT2D eigenvalue weighted by Crippen LogP contribution is -2.36. The second-order valence-corrected chi connectivity index (χ2v) is 4.71. The molecule has 21 heavy (non-hydrogen) atoms. The van der Waals surface area contributed by atoms with Gasteiger partial charge < -0.3 is 15.2 Å². The van der Waals surface area contributed by atoms with Crippen molar-refractivity contribution in [1.82, 2.24) is 5.32 Å². The summed E-state index contributed by atoms with van der Waals surface area (Å²) in [5.74, 6) is -0.0125. The number of carbonyl (C=O) groups is 1. The Kier molecular flexibility index (Phi) is 6.10. The van der Waals surface area contributed by atoms with Gasteiger partial charge in [-0.2, -0.15) is 0 Å². The summed E-state index contributed by atoms with van der Waals surface area (Å²) in [4.78, 5) is 22.0. The summed E-state index contributed by atoms with van der Waals surface area (Å²) in [7, 11) is 0. The maximum atomic E-state index is 11.8. The predicted molar refractivity (Wildman–Crippen MR) is 77.1 cm³/mol. The number of rotatable bonds is 7. The lowest BCUT2D eigenvalue weighted by atomic mass is 10.1. The summed E-state index contributed by atoms with van der Waals surface area (Å²) in [5.41, 5.74) is 0.140. The Morgan fingerprint density at radius 1 is 1.48 bits per heavy atom. The molecule has 0 aromatic heterocycles. The van der Waals surface area contributed by atoms with E-state index in [2.05, 4.69) is 5.32 Å². The van der Waals surface area contributed by atoms with Gasteiger partial charge in [0.25, 0.3) is 11.6 Å². The standard InChI is InChI=1S/C14H20N2O5/c1-4-7-15-14(18)10(3)21-13-6-5-11(16(19)20)8-12(13)9(2)17/h5-6,8-10,17H,4,7H2,1-3H3,(H,15,18). The van der Waals surface area contributed by atoms with Crippen molar-refractivity contribution >= 4 is 11.6 Å². The summed E-state index contributed by atoms with van der Waals surface area (Å²) in [6, 6.07) is 3.92. The summed E-state index contributed by atoms with van der Waals surface area (Å²) >= 11 is 0. The van der Waals surface area contributed by atoms with E-state index in [4.69, 9.17) is 4.74 Å². The quantitative estimate of drug-likeness (QED) is 0.591. The highest BCUT2D eigenvalue weighted by molar-refractivity contribution is 5.80.